The number of fused-ring (bicyclic) bond motifs is 1. The van der Waals surface area contributed by atoms with Crippen molar-refractivity contribution in [3.05, 3.63) is 18.3 Å². The molecule has 4 heterocycles. The fraction of sp³-hybridized carbons (Fsp3) is 0.667. The Morgan fingerprint density at radius 3 is 2.80 bits per heavy atom. The summed E-state index contributed by atoms with van der Waals surface area (Å²) in [5.41, 5.74) is 0.776. The fourth-order valence-corrected chi connectivity index (χ4v) is 4.03. The maximum Gasteiger partial charge on any atom is 0.229 e. The highest BCUT2D eigenvalue weighted by molar-refractivity contribution is 5.93. The van der Waals surface area contributed by atoms with Crippen molar-refractivity contribution >= 4 is 17.4 Å². The number of hydrogen-bond acceptors (Lipinski definition) is 6. The minimum atomic E-state index is 0.0117. The van der Waals surface area contributed by atoms with Gasteiger partial charge < -0.3 is 19.9 Å². The van der Waals surface area contributed by atoms with Crippen molar-refractivity contribution in [1.82, 2.24) is 14.8 Å². The summed E-state index contributed by atoms with van der Waals surface area (Å²) < 4.78 is 5.56. The summed E-state index contributed by atoms with van der Waals surface area (Å²) in [6, 6.07) is 4.19. The van der Waals surface area contributed by atoms with Crippen molar-refractivity contribution in [1.29, 1.82) is 0 Å². The molecule has 1 aromatic heterocycles. The minimum Gasteiger partial charge on any atom is -0.378 e. The van der Waals surface area contributed by atoms with E-state index in [0.29, 0.717) is 6.61 Å². The van der Waals surface area contributed by atoms with Crippen LogP contribution in [0, 0.1) is 5.92 Å². The molecule has 3 aliphatic rings. The lowest BCUT2D eigenvalue weighted by Gasteiger charge is -2.33. The Kier molecular flexibility index (Phi) is 4.87. The normalized spacial score (nSPS) is 28.0. The van der Waals surface area contributed by atoms with E-state index in [1.807, 2.05) is 12.1 Å². The van der Waals surface area contributed by atoms with E-state index in [4.69, 9.17) is 4.74 Å². The lowest BCUT2D eigenvalue weighted by atomic mass is 9.99. The number of amides is 1. The molecule has 0 saturated carbocycles. The van der Waals surface area contributed by atoms with Gasteiger partial charge in [-0.1, -0.05) is 0 Å². The largest absolute Gasteiger partial charge is 0.378 e. The molecule has 136 valence electrons. The third-order valence-electron chi connectivity index (χ3n) is 5.65. The van der Waals surface area contributed by atoms with Crippen LogP contribution in [0.25, 0.3) is 0 Å². The van der Waals surface area contributed by atoms with Crippen LogP contribution in [0.15, 0.2) is 18.3 Å². The van der Waals surface area contributed by atoms with Crippen LogP contribution in [0.3, 0.4) is 0 Å². The molecule has 25 heavy (non-hydrogen) atoms. The van der Waals surface area contributed by atoms with Crippen LogP contribution in [-0.2, 0) is 9.53 Å². The van der Waals surface area contributed by atoms with E-state index < -0.39 is 0 Å². The van der Waals surface area contributed by atoms with Gasteiger partial charge in [-0.05, 0) is 32.1 Å². The molecule has 3 aliphatic heterocycles. The number of piperazine rings is 1. The van der Waals surface area contributed by atoms with Crippen LogP contribution in [0.2, 0.25) is 0 Å². The van der Waals surface area contributed by atoms with E-state index in [2.05, 4.69) is 32.0 Å². The SMILES string of the molecule is CN1CCN(c2ccc(NC(=O)C3CCN4CCOCC34)cn2)CC1. The Hall–Kier alpha value is -1.70. The van der Waals surface area contributed by atoms with Gasteiger partial charge in [0.2, 0.25) is 5.91 Å². The summed E-state index contributed by atoms with van der Waals surface area (Å²) in [7, 11) is 2.14. The quantitative estimate of drug-likeness (QED) is 0.861. The number of nitrogens with one attached hydrogen (secondary N) is 1. The van der Waals surface area contributed by atoms with Gasteiger partial charge in [0, 0.05) is 38.8 Å². The number of anilines is 2. The number of pyridine rings is 1. The average Bonchev–Trinajstić information content (AvgIpc) is 3.07. The van der Waals surface area contributed by atoms with Gasteiger partial charge in [0.25, 0.3) is 0 Å². The number of morpholine rings is 1. The number of ether oxygens (including phenoxy) is 1. The molecule has 3 saturated heterocycles. The zero-order valence-electron chi connectivity index (χ0n) is 14.9. The van der Waals surface area contributed by atoms with E-state index in [0.717, 1.165) is 63.8 Å². The average molecular weight is 345 g/mol. The highest BCUT2D eigenvalue weighted by Crippen LogP contribution is 2.28. The fourth-order valence-electron chi connectivity index (χ4n) is 4.03. The molecule has 1 amide bonds. The van der Waals surface area contributed by atoms with Gasteiger partial charge >= 0.3 is 0 Å². The molecular formula is C18H27N5O2. The summed E-state index contributed by atoms with van der Waals surface area (Å²) in [5, 5.41) is 3.04. The van der Waals surface area contributed by atoms with Crippen LogP contribution in [0.4, 0.5) is 11.5 Å². The van der Waals surface area contributed by atoms with Gasteiger partial charge in [0.1, 0.15) is 5.82 Å². The molecule has 1 aromatic rings. The molecule has 2 unspecified atom stereocenters. The minimum absolute atomic E-state index is 0.0117. The van der Waals surface area contributed by atoms with E-state index in [1.54, 1.807) is 6.20 Å². The summed E-state index contributed by atoms with van der Waals surface area (Å²) in [6.07, 6.45) is 2.68. The van der Waals surface area contributed by atoms with Gasteiger partial charge in [-0.3, -0.25) is 9.69 Å². The van der Waals surface area contributed by atoms with Crippen LogP contribution in [0.1, 0.15) is 6.42 Å². The number of nitrogens with zero attached hydrogens (tertiary/aromatic N) is 4. The van der Waals surface area contributed by atoms with Gasteiger partial charge in [-0.15, -0.1) is 0 Å². The van der Waals surface area contributed by atoms with E-state index in [9.17, 15) is 4.79 Å². The molecule has 7 nitrogen and oxygen atoms in total. The van der Waals surface area contributed by atoms with Crippen molar-refractivity contribution in [2.24, 2.45) is 5.92 Å². The Labute approximate surface area is 148 Å². The first-order valence-electron chi connectivity index (χ1n) is 9.23. The first-order valence-corrected chi connectivity index (χ1v) is 9.23. The maximum absolute atomic E-state index is 12.7. The molecule has 0 spiro atoms. The second-order valence-corrected chi connectivity index (χ2v) is 7.26. The summed E-state index contributed by atoms with van der Waals surface area (Å²) >= 11 is 0. The van der Waals surface area contributed by atoms with Crippen LogP contribution >= 0.6 is 0 Å². The number of likely N-dealkylation sites (N-methyl/N-ethyl adjacent to an activating group) is 1. The molecule has 0 radical (unpaired) electrons. The smallest absolute Gasteiger partial charge is 0.229 e. The molecule has 1 N–H and O–H groups in total. The summed E-state index contributed by atoms with van der Waals surface area (Å²) in [6.45, 7) is 7.48. The maximum atomic E-state index is 12.7. The highest BCUT2D eigenvalue weighted by atomic mass is 16.5. The highest BCUT2D eigenvalue weighted by Gasteiger charge is 2.40. The third kappa shape index (κ3) is 3.63. The van der Waals surface area contributed by atoms with Gasteiger partial charge in [0.05, 0.1) is 31.0 Å². The Bertz CT molecular complexity index is 600. The molecular weight excluding hydrogens is 318 g/mol. The van der Waals surface area contributed by atoms with Crippen molar-refractivity contribution in [2.45, 2.75) is 12.5 Å². The number of hydrogen-bond donors (Lipinski definition) is 1. The summed E-state index contributed by atoms with van der Waals surface area (Å²) in [4.78, 5) is 24.2. The standard InChI is InChI=1S/C18H27N5O2/c1-21-6-8-23(9-7-21)17-3-2-14(12-19-17)20-18(24)15-4-5-22-10-11-25-13-16(15)22/h2-3,12,15-16H,4-11,13H2,1H3,(H,20,24). The first kappa shape index (κ1) is 16.8. The number of aromatic nitrogens is 1. The van der Waals surface area contributed by atoms with Gasteiger partial charge in [0.15, 0.2) is 0 Å². The lowest BCUT2D eigenvalue weighted by Crippen LogP contribution is -2.46. The van der Waals surface area contributed by atoms with E-state index in [-0.39, 0.29) is 17.9 Å². The number of carbonyl (C=O) groups excluding carboxylic acids is 1. The second-order valence-electron chi connectivity index (χ2n) is 7.26. The Balaban J connectivity index is 1.35. The van der Waals surface area contributed by atoms with Gasteiger partial charge in [-0.2, -0.15) is 0 Å². The molecule has 4 rings (SSSR count). The second kappa shape index (κ2) is 7.27. The molecule has 3 fully saturated rings. The van der Waals surface area contributed by atoms with Crippen molar-refractivity contribution < 1.29 is 9.53 Å². The Morgan fingerprint density at radius 1 is 1.20 bits per heavy atom. The third-order valence-corrected chi connectivity index (χ3v) is 5.65. The molecule has 0 aliphatic carbocycles. The zero-order chi connectivity index (χ0) is 17.2. The molecule has 0 aromatic carbocycles. The van der Waals surface area contributed by atoms with Crippen molar-refractivity contribution in [3.8, 4) is 0 Å². The monoisotopic (exact) mass is 345 g/mol. The topological polar surface area (TPSA) is 60.9 Å². The predicted molar refractivity (Wildman–Crippen MR) is 96.9 cm³/mol. The van der Waals surface area contributed by atoms with E-state index >= 15 is 0 Å². The van der Waals surface area contributed by atoms with E-state index in [1.165, 1.54) is 0 Å². The molecule has 0 bridgehead atoms. The molecule has 7 heteroatoms. The first-order chi connectivity index (χ1) is 12.2. The number of rotatable bonds is 3. The zero-order valence-corrected chi connectivity index (χ0v) is 14.9. The Morgan fingerprint density at radius 2 is 2.04 bits per heavy atom. The summed E-state index contributed by atoms with van der Waals surface area (Å²) in [5.74, 6) is 1.09. The van der Waals surface area contributed by atoms with Crippen LogP contribution in [0.5, 0.6) is 0 Å². The van der Waals surface area contributed by atoms with Gasteiger partial charge in [-0.25, -0.2) is 4.98 Å². The van der Waals surface area contributed by atoms with Crippen molar-refractivity contribution in [3.63, 3.8) is 0 Å². The van der Waals surface area contributed by atoms with Crippen LogP contribution < -0.4 is 10.2 Å². The predicted octanol–water partition coefficient (Wildman–Crippen LogP) is 0.493. The van der Waals surface area contributed by atoms with Crippen molar-refractivity contribution in [2.75, 3.05) is 69.7 Å². The van der Waals surface area contributed by atoms with Crippen LogP contribution in [-0.4, -0.2) is 86.3 Å². The lowest BCUT2D eigenvalue weighted by molar-refractivity contribution is -0.122. The molecule has 2 atom stereocenters. The number of carbonyl (C=O) groups is 1.